The third-order valence-electron chi connectivity index (χ3n) is 3.32. The molecule has 0 saturated heterocycles. The lowest BCUT2D eigenvalue weighted by molar-refractivity contribution is -0.144. The first-order valence-electron chi connectivity index (χ1n) is 6.92. The first kappa shape index (κ1) is 15.7. The van der Waals surface area contributed by atoms with Gasteiger partial charge in [-0.25, -0.2) is 4.98 Å². The number of nitrogens with one attached hydrogen (secondary N) is 1. The molecule has 21 heavy (non-hydrogen) atoms. The van der Waals surface area contributed by atoms with Crippen LogP contribution in [-0.2, 0) is 9.53 Å². The fourth-order valence-corrected chi connectivity index (χ4v) is 2.92. The lowest BCUT2D eigenvalue weighted by atomic mass is 10.1. The van der Waals surface area contributed by atoms with Crippen molar-refractivity contribution in [2.24, 2.45) is 5.92 Å². The van der Waals surface area contributed by atoms with Crippen molar-refractivity contribution in [2.45, 2.75) is 31.2 Å². The Bertz CT molecular complexity index is 626. The van der Waals surface area contributed by atoms with Gasteiger partial charge in [-0.1, -0.05) is 25.6 Å². The van der Waals surface area contributed by atoms with Crippen LogP contribution in [-0.4, -0.2) is 34.9 Å². The standard InChI is InChI=1S/C15H20N2O3S/c1-5-20-11-6-7-12-13(8-11)17-15(16-12)21-10(3)9(2)14(18)19-4/h6-10H,5H2,1-4H3,(H,16,17). The van der Waals surface area contributed by atoms with Gasteiger partial charge in [-0.2, -0.15) is 0 Å². The molecular formula is C15H20N2O3S. The van der Waals surface area contributed by atoms with Crippen molar-refractivity contribution >= 4 is 28.8 Å². The zero-order valence-corrected chi connectivity index (χ0v) is 13.5. The molecule has 1 heterocycles. The zero-order chi connectivity index (χ0) is 15.4. The summed E-state index contributed by atoms with van der Waals surface area (Å²) < 4.78 is 10.2. The first-order chi connectivity index (χ1) is 10.0. The molecule has 0 aliphatic rings. The van der Waals surface area contributed by atoms with E-state index in [1.54, 1.807) is 0 Å². The Kier molecular flexibility index (Phi) is 5.12. The van der Waals surface area contributed by atoms with E-state index < -0.39 is 0 Å². The molecule has 2 rings (SSSR count). The number of aromatic nitrogens is 2. The smallest absolute Gasteiger partial charge is 0.309 e. The summed E-state index contributed by atoms with van der Waals surface area (Å²) in [7, 11) is 1.41. The van der Waals surface area contributed by atoms with Crippen molar-refractivity contribution in [3.05, 3.63) is 18.2 Å². The number of carbonyl (C=O) groups is 1. The Morgan fingerprint density at radius 1 is 1.43 bits per heavy atom. The summed E-state index contributed by atoms with van der Waals surface area (Å²) in [6.07, 6.45) is 0. The summed E-state index contributed by atoms with van der Waals surface area (Å²) >= 11 is 1.53. The van der Waals surface area contributed by atoms with Gasteiger partial charge in [0.25, 0.3) is 0 Å². The van der Waals surface area contributed by atoms with E-state index in [4.69, 9.17) is 9.47 Å². The maximum atomic E-state index is 11.5. The second kappa shape index (κ2) is 6.85. The molecule has 114 valence electrons. The highest BCUT2D eigenvalue weighted by atomic mass is 32.2. The predicted molar refractivity (Wildman–Crippen MR) is 83.8 cm³/mol. The lowest BCUT2D eigenvalue weighted by Gasteiger charge is -2.15. The molecule has 0 fully saturated rings. The van der Waals surface area contributed by atoms with Gasteiger partial charge in [0.2, 0.25) is 0 Å². The number of thioether (sulfide) groups is 1. The van der Waals surface area contributed by atoms with Gasteiger partial charge in [0.1, 0.15) is 5.75 Å². The van der Waals surface area contributed by atoms with Crippen LogP contribution in [0.25, 0.3) is 11.0 Å². The number of methoxy groups -OCH3 is 1. The number of nitrogens with zero attached hydrogens (tertiary/aromatic N) is 1. The molecule has 1 aromatic heterocycles. The number of benzene rings is 1. The van der Waals surface area contributed by atoms with Crippen LogP contribution in [0.5, 0.6) is 5.75 Å². The molecule has 1 aromatic carbocycles. The minimum Gasteiger partial charge on any atom is -0.494 e. The average molecular weight is 308 g/mol. The highest BCUT2D eigenvalue weighted by Crippen LogP contribution is 2.29. The summed E-state index contributed by atoms with van der Waals surface area (Å²) in [6, 6.07) is 5.77. The van der Waals surface area contributed by atoms with E-state index in [1.807, 2.05) is 39.0 Å². The quantitative estimate of drug-likeness (QED) is 0.655. The van der Waals surface area contributed by atoms with Gasteiger partial charge >= 0.3 is 5.97 Å². The number of rotatable bonds is 6. The average Bonchev–Trinajstić information content (AvgIpc) is 2.87. The van der Waals surface area contributed by atoms with Gasteiger partial charge in [-0.05, 0) is 19.1 Å². The number of ether oxygens (including phenoxy) is 2. The fourth-order valence-electron chi connectivity index (χ4n) is 1.93. The molecule has 5 nitrogen and oxygen atoms in total. The van der Waals surface area contributed by atoms with Crippen LogP contribution in [0.15, 0.2) is 23.4 Å². The number of carbonyl (C=O) groups excluding carboxylic acids is 1. The Labute approximate surface area is 128 Å². The van der Waals surface area contributed by atoms with Crippen molar-refractivity contribution in [3.63, 3.8) is 0 Å². The predicted octanol–water partition coefficient (Wildman–Crippen LogP) is 3.25. The van der Waals surface area contributed by atoms with Gasteiger partial charge in [0.05, 0.1) is 30.7 Å². The molecule has 0 saturated carbocycles. The van der Waals surface area contributed by atoms with Crippen LogP contribution in [0.4, 0.5) is 0 Å². The van der Waals surface area contributed by atoms with Crippen LogP contribution in [0, 0.1) is 5.92 Å². The van der Waals surface area contributed by atoms with Gasteiger partial charge in [-0.15, -0.1) is 0 Å². The fraction of sp³-hybridized carbons (Fsp3) is 0.467. The summed E-state index contributed by atoms with van der Waals surface area (Å²) in [5.41, 5.74) is 1.82. The van der Waals surface area contributed by atoms with Crippen molar-refractivity contribution < 1.29 is 14.3 Å². The summed E-state index contributed by atoms with van der Waals surface area (Å²) in [6.45, 7) is 6.44. The summed E-state index contributed by atoms with van der Waals surface area (Å²) in [4.78, 5) is 19.3. The van der Waals surface area contributed by atoms with E-state index in [0.29, 0.717) is 6.61 Å². The number of imidazole rings is 1. The third-order valence-corrected chi connectivity index (χ3v) is 4.51. The number of fused-ring (bicyclic) bond motifs is 1. The largest absolute Gasteiger partial charge is 0.494 e. The number of aromatic amines is 1. The molecule has 2 atom stereocenters. The molecule has 0 radical (unpaired) electrons. The van der Waals surface area contributed by atoms with Gasteiger partial charge in [0.15, 0.2) is 5.16 Å². The van der Waals surface area contributed by atoms with Crippen LogP contribution in [0.2, 0.25) is 0 Å². The molecule has 0 bridgehead atoms. The van der Waals surface area contributed by atoms with E-state index in [-0.39, 0.29) is 17.1 Å². The van der Waals surface area contributed by atoms with E-state index in [9.17, 15) is 4.79 Å². The number of hydrogen-bond acceptors (Lipinski definition) is 5. The Morgan fingerprint density at radius 3 is 2.86 bits per heavy atom. The second-order valence-electron chi connectivity index (χ2n) is 4.79. The van der Waals surface area contributed by atoms with Crippen LogP contribution < -0.4 is 4.74 Å². The molecule has 0 amide bonds. The van der Waals surface area contributed by atoms with Gasteiger partial charge in [-0.3, -0.25) is 4.79 Å². The molecule has 1 N–H and O–H groups in total. The zero-order valence-electron chi connectivity index (χ0n) is 12.7. The molecular weight excluding hydrogens is 288 g/mol. The molecule has 6 heteroatoms. The summed E-state index contributed by atoms with van der Waals surface area (Å²) in [5.74, 6) is 0.429. The first-order valence-corrected chi connectivity index (χ1v) is 7.80. The molecule has 2 aromatic rings. The Morgan fingerprint density at radius 2 is 2.19 bits per heavy atom. The highest BCUT2D eigenvalue weighted by molar-refractivity contribution is 7.99. The minimum absolute atomic E-state index is 0.0735. The van der Waals surface area contributed by atoms with E-state index >= 15 is 0 Å². The number of H-pyrrole nitrogens is 1. The van der Waals surface area contributed by atoms with E-state index in [1.165, 1.54) is 18.9 Å². The maximum absolute atomic E-state index is 11.5. The highest BCUT2D eigenvalue weighted by Gasteiger charge is 2.22. The summed E-state index contributed by atoms with van der Waals surface area (Å²) in [5, 5.41) is 0.867. The van der Waals surface area contributed by atoms with Crippen LogP contribution >= 0.6 is 11.8 Å². The molecule has 0 aliphatic carbocycles. The maximum Gasteiger partial charge on any atom is 0.309 e. The van der Waals surface area contributed by atoms with Crippen LogP contribution in [0.1, 0.15) is 20.8 Å². The second-order valence-corrected chi connectivity index (χ2v) is 6.15. The topological polar surface area (TPSA) is 64.2 Å². The monoisotopic (exact) mass is 308 g/mol. The van der Waals surface area contributed by atoms with Crippen molar-refractivity contribution in [3.8, 4) is 5.75 Å². The number of esters is 1. The normalized spacial score (nSPS) is 13.9. The van der Waals surface area contributed by atoms with E-state index in [2.05, 4.69) is 9.97 Å². The van der Waals surface area contributed by atoms with Crippen LogP contribution in [0.3, 0.4) is 0 Å². The van der Waals surface area contributed by atoms with Crippen molar-refractivity contribution in [1.82, 2.24) is 9.97 Å². The lowest BCUT2D eigenvalue weighted by Crippen LogP contribution is -2.22. The SMILES string of the molecule is CCOc1ccc2nc(SC(C)C(C)C(=O)OC)[nH]c2c1. The van der Waals surface area contributed by atoms with Gasteiger partial charge in [0, 0.05) is 11.3 Å². The Balaban J connectivity index is 2.13. The third kappa shape index (κ3) is 3.69. The van der Waals surface area contributed by atoms with Crippen molar-refractivity contribution in [2.75, 3.05) is 13.7 Å². The number of hydrogen-bond donors (Lipinski definition) is 1. The molecule has 0 aliphatic heterocycles. The Hall–Kier alpha value is -1.69. The van der Waals surface area contributed by atoms with Crippen molar-refractivity contribution in [1.29, 1.82) is 0 Å². The molecule has 0 spiro atoms. The van der Waals surface area contributed by atoms with E-state index in [0.717, 1.165) is 21.9 Å². The van der Waals surface area contributed by atoms with Gasteiger partial charge < -0.3 is 14.5 Å². The molecule has 2 unspecified atom stereocenters. The minimum atomic E-state index is -0.204.